The molecule has 7 nitrogen and oxygen atoms in total. The van der Waals surface area contributed by atoms with Crippen LogP contribution < -0.4 is 4.72 Å². The van der Waals surface area contributed by atoms with E-state index in [9.17, 15) is 23.1 Å². The largest absolute Gasteiger partial charge is 0.465 e. The Balaban J connectivity index is 1.95. The van der Waals surface area contributed by atoms with Crippen molar-refractivity contribution in [3.8, 4) is 11.1 Å². The summed E-state index contributed by atoms with van der Waals surface area (Å²) in [4.78, 5) is 22.7. The molecule has 1 unspecified atom stereocenters. The fourth-order valence-corrected chi connectivity index (χ4v) is 3.93. The van der Waals surface area contributed by atoms with Crippen LogP contribution in [0.25, 0.3) is 11.1 Å². The van der Waals surface area contributed by atoms with Crippen molar-refractivity contribution in [2.75, 3.05) is 7.11 Å². The number of nitrogens with one attached hydrogen (secondary N) is 1. The summed E-state index contributed by atoms with van der Waals surface area (Å²) in [5.41, 5.74) is 1.50. The van der Waals surface area contributed by atoms with Crippen LogP contribution in [0.2, 0.25) is 0 Å². The lowest BCUT2D eigenvalue weighted by Crippen LogP contribution is -2.25. The molecule has 0 spiro atoms. The predicted octanol–water partition coefficient (Wildman–Crippen LogP) is 1.99. The molecular formula is C21H17NO6S. The van der Waals surface area contributed by atoms with Gasteiger partial charge >= 0.3 is 5.97 Å². The summed E-state index contributed by atoms with van der Waals surface area (Å²) in [5, 5.41) is 9.80. The Morgan fingerprint density at radius 2 is 1.90 bits per heavy atom. The second-order valence-corrected chi connectivity index (χ2v) is 7.81. The van der Waals surface area contributed by atoms with Crippen LogP contribution in [0, 0.1) is 0 Å². The maximum atomic E-state index is 12.8. The topological polar surface area (TPSA) is 110 Å². The fourth-order valence-electron chi connectivity index (χ4n) is 2.82. The number of hydrogen-bond acceptors (Lipinski definition) is 6. The Morgan fingerprint density at radius 1 is 1.14 bits per heavy atom. The molecule has 29 heavy (non-hydrogen) atoms. The number of rotatable bonds is 5. The van der Waals surface area contributed by atoms with Crippen LogP contribution in [0.3, 0.4) is 0 Å². The van der Waals surface area contributed by atoms with Gasteiger partial charge in [0.2, 0.25) is 0 Å². The highest BCUT2D eigenvalue weighted by molar-refractivity contribution is 7.89. The number of esters is 1. The Labute approximate surface area is 167 Å². The maximum absolute atomic E-state index is 12.8. The first-order valence-electron chi connectivity index (χ1n) is 8.49. The molecule has 0 heterocycles. The van der Waals surface area contributed by atoms with Gasteiger partial charge in [0.1, 0.15) is 12.0 Å². The van der Waals surface area contributed by atoms with Gasteiger partial charge in [0.05, 0.1) is 23.1 Å². The van der Waals surface area contributed by atoms with Gasteiger partial charge in [0, 0.05) is 5.70 Å². The van der Waals surface area contributed by atoms with Crippen LogP contribution in [-0.2, 0) is 19.6 Å². The molecule has 2 N–H and O–H groups in total. The van der Waals surface area contributed by atoms with Crippen LogP contribution in [0.4, 0.5) is 0 Å². The van der Waals surface area contributed by atoms with E-state index in [2.05, 4.69) is 4.72 Å². The van der Waals surface area contributed by atoms with E-state index >= 15 is 0 Å². The average Bonchev–Trinajstić information content (AvgIpc) is 2.73. The van der Waals surface area contributed by atoms with Gasteiger partial charge in [-0.1, -0.05) is 30.3 Å². The Kier molecular flexibility index (Phi) is 5.79. The summed E-state index contributed by atoms with van der Waals surface area (Å²) in [6.07, 6.45) is 2.61. The number of hydrogen-bond donors (Lipinski definition) is 2. The van der Waals surface area contributed by atoms with E-state index < -0.39 is 22.1 Å². The highest BCUT2D eigenvalue weighted by atomic mass is 32.2. The van der Waals surface area contributed by atoms with Crippen molar-refractivity contribution in [1.29, 1.82) is 0 Å². The SMILES string of the molecule is COC(=O)c1ccccc1-c1cccc(S(=O)(=O)NC2=CC(O)C(=C=O)C=C2)c1. The van der Waals surface area contributed by atoms with Gasteiger partial charge in [-0.2, -0.15) is 0 Å². The second-order valence-electron chi connectivity index (χ2n) is 6.13. The fraction of sp³-hybridized carbons (Fsp3) is 0.0952. The van der Waals surface area contributed by atoms with E-state index in [1.807, 2.05) is 0 Å². The molecule has 0 amide bonds. The van der Waals surface area contributed by atoms with Gasteiger partial charge in [-0.15, -0.1) is 0 Å². The number of methoxy groups -OCH3 is 1. The lowest BCUT2D eigenvalue weighted by Gasteiger charge is -2.15. The number of ether oxygens (including phenoxy) is 1. The molecule has 0 radical (unpaired) electrons. The summed E-state index contributed by atoms with van der Waals surface area (Å²) < 4.78 is 32.7. The molecule has 2 aromatic carbocycles. The zero-order chi connectivity index (χ0) is 21.0. The van der Waals surface area contributed by atoms with E-state index in [4.69, 9.17) is 4.74 Å². The second kappa shape index (κ2) is 8.28. The predicted molar refractivity (Wildman–Crippen MR) is 106 cm³/mol. The van der Waals surface area contributed by atoms with E-state index in [0.29, 0.717) is 16.7 Å². The monoisotopic (exact) mass is 411 g/mol. The summed E-state index contributed by atoms with van der Waals surface area (Å²) >= 11 is 0. The number of allylic oxidation sites excluding steroid dienone is 1. The summed E-state index contributed by atoms with van der Waals surface area (Å²) in [7, 11) is -2.71. The third-order valence-electron chi connectivity index (χ3n) is 4.26. The van der Waals surface area contributed by atoms with E-state index in [1.54, 1.807) is 42.3 Å². The van der Waals surface area contributed by atoms with Crippen molar-refractivity contribution in [2.45, 2.75) is 11.0 Å². The molecular weight excluding hydrogens is 394 g/mol. The van der Waals surface area contributed by atoms with E-state index in [0.717, 1.165) is 0 Å². The van der Waals surface area contributed by atoms with Crippen LogP contribution >= 0.6 is 0 Å². The summed E-state index contributed by atoms with van der Waals surface area (Å²) in [5.74, 6) is 1.05. The normalized spacial score (nSPS) is 16.0. The van der Waals surface area contributed by atoms with Crippen LogP contribution in [0.1, 0.15) is 10.4 Å². The van der Waals surface area contributed by atoms with E-state index in [1.165, 1.54) is 37.5 Å². The van der Waals surface area contributed by atoms with Gasteiger partial charge < -0.3 is 9.84 Å². The quantitative estimate of drug-likeness (QED) is 0.575. The third-order valence-corrected chi connectivity index (χ3v) is 5.64. The number of sulfonamides is 1. The van der Waals surface area contributed by atoms with Crippen molar-refractivity contribution < 1.29 is 27.9 Å². The summed E-state index contributed by atoms with van der Waals surface area (Å²) in [6, 6.07) is 12.8. The first-order valence-corrected chi connectivity index (χ1v) is 9.97. The molecule has 0 bridgehead atoms. The first-order chi connectivity index (χ1) is 13.9. The van der Waals surface area contributed by atoms with Crippen molar-refractivity contribution >= 4 is 21.9 Å². The third kappa shape index (κ3) is 4.35. The lowest BCUT2D eigenvalue weighted by molar-refractivity contribution is 0.0601. The van der Waals surface area contributed by atoms with E-state index in [-0.39, 0.29) is 16.2 Å². The van der Waals surface area contributed by atoms with Crippen LogP contribution in [0.5, 0.6) is 0 Å². The molecule has 0 aliphatic heterocycles. The van der Waals surface area contributed by atoms with Gasteiger partial charge in [-0.05, 0) is 47.6 Å². The Morgan fingerprint density at radius 3 is 2.59 bits per heavy atom. The minimum Gasteiger partial charge on any atom is -0.465 e. The summed E-state index contributed by atoms with van der Waals surface area (Å²) in [6.45, 7) is 0. The Hall–Kier alpha value is -3.45. The highest BCUT2D eigenvalue weighted by Gasteiger charge is 2.20. The molecule has 0 aromatic heterocycles. The van der Waals surface area contributed by atoms with Crippen molar-refractivity contribution in [3.63, 3.8) is 0 Å². The number of carbonyl (C=O) groups is 1. The molecule has 2 aromatic rings. The van der Waals surface area contributed by atoms with Gasteiger partial charge in [0.25, 0.3) is 10.0 Å². The zero-order valence-corrected chi connectivity index (χ0v) is 16.1. The Bertz CT molecular complexity index is 1170. The zero-order valence-electron chi connectivity index (χ0n) is 15.3. The van der Waals surface area contributed by atoms with Crippen molar-refractivity contribution in [3.05, 3.63) is 83.6 Å². The van der Waals surface area contributed by atoms with Crippen molar-refractivity contribution in [2.24, 2.45) is 0 Å². The van der Waals surface area contributed by atoms with Gasteiger partial charge in [-0.3, -0.25) is 4.72 Å². The molecule has 1 aliphatic carbocycles. The van der Waals surface area contributed by atoms with Crippen LogP contribution in [0.15, 0.2) is 82.9 Å². The molecule has 148 valence electrons. The molecule has 0 saturated heterocycles. The number of aliphatic hydroxyl groups excluding tert-OH is 1. The van der Waals surface area contributed by atoms with Crippen LogP contribution in [-0.4, -0.2) is 38.6 Å². The molecule has 3 rings (SSSR count). The number of aliphatic hydroxyl groups is 1. The number of carbonyl (C=O) groups excluding carboxylic acids is 2. The number of benzene rings is 2. The smallest absolute Gasteiger partial charge is 0.338 e. The average molecular weight is 411 g/mol. The minimum absolute atomic E-state index is 0.00867. The first kappa shape index (κ1) is 20.3. The standard InChI is InChI=1S/C21H17NO6S/c1-28-21(25)19-8-3-2-7-18(19)14-5-4-6-17(11-14)29(26,27)22-16-10-9-15(13-23)20(24)12-16/h2-12,20,22,24H,1H3. The molecule has 8 heteroatoms. The molecule has 1 atom stereocenters. The molecule has 1 aliphatic rings. The molecule has 0 fully saturated rings. The van der Waals surface area contributed by atoms with Crippen molar-refractivity contribution in [1.82, 2.24) is 4.72 Å². The van der Waals surface area contributed by atoms with Gasteiger partial charge in [0.15, 0.2) is 0 Å². The maximum Gasteiger partial charge on any atom is 0.338 e. The minimum atomic E-state index is -3.98. The lowest BCUT2D eigenvalue weighted by atomic mass is 10.00. The van der Waals surface area contributed by atoms with Gasteiger partial charge in [-0.25, -0.2) is 18.0 Å². The molecule has 0 saturated carbocycles. The highest BCUT2D eigenvalue weighted by Crippen LogP contribution is 2.27.